The zero-order valence-corrected chi connectivity index (χ0v) is 9.41. The number of carboxylic acid groups (broad SMARTS) is 1. The average Bonchev–Trinajstić information content (AvgIpc) is 2.96. The van der Waals surface area contributed by atoms with Crippen molar-refractivity contribution < 1.29 is 14.7 Å². The second kappa shape index (κ2) is 4.18. The molecule has 0 saturated heterocycles. The van der Waals surface area contributed by atoms with Gasteiger partial charge in [-0.25, -0.2) is 0 Å². The number of likely N-dealkylation sites (N-methyl/N-ethyl adjacent to an activating group) is 1. The zero-order valence-electron chi connectivity index (χ0n) is 9.41. The predicted molar refractivity (Wildman–Crippen MR) is 55.5 cm³/mol. The molecule has 5 heteroatoms. The molecule has 15 heavy (non-hydrogen) atoms. The minimum atomic E-state index is -0.953. The minimum Gasteiger partial charge on any atom is -0.480 e. The van der Waals surface area contributed by atoms with Crippen molar-refractivity contribution in [3.8, 4) is 0 Å². The van der Waals surface area contributed by atoms with Crippen LogP contribution in [-0.4, -0.2) is 48.1 Å². The van der Waals surface area contributed by atoms with E-state index in [1.165, 1.54) is 4.90 Å². The number of rotatable bonds is 5. The Morgan fingerprint density at radius 1 is 1.47 bits per heavy atom. The summed E-state index contributed by atoms with van der Waals surface area (Å²) in [4.78, 5) is 23.9. The van der Waals surface area contributed by atoms with Gasteiger partial charge in [-0.2, -0.15) is 0 Å². The fourth-order valence-corrected chi connectivity index (χ4v) is 1.47. The molecule has 0 aromatic rings. The molecule has 86 valence electrons. The summed E-state index contributed by atoms with van der Waals surface area (Å²) in [5, 5.41) is 12.0. The summed E-state index contributed by atoms with van der Waals surface area (Å²) in [7, 11) is 3.30. The molecule has 0 bridgehead atoms. The van der Waals surface area contributed by atoms with Crippen LogP contribution in [0.1, 0.15) is 19.8 Å². The van der Waals surface area contributed by atoms with Gasteiger partial charge in [0.05, 0.1) is 6.54 Å². The van der Waals surface area contributed by atoms with Crippen LogP contribution in [0.3, 0.4) is 0 Å². The summed E-state index contributed by atoms with van der Waals surface area (Å²) >= 11 is 0. The van der Waals surface area contributed by atoms with E-state index in [0.29, 0.717) is 0 Å². The van der Waals surface area contributed by atoms with Crippen LogP contribution < -0.4 is 5.32 Å². The number of nitrogens with one attached hydrogen (secondary N) is 1. The fourth-order valence-electron chi connectivity index (χ4n) is 1.47. The smallest absolute Gasteiger partial charge is 0.323 e. The van der Waals surface area contributed by atoms with Crippen molar-refractivity contribution in [2.75, 3.05) is 20.6 Å². The highest BCUT2D eigenvalue weighted by Gasteiger charge is 2.47. The topological polar surface area (TPSA) is 69.6 Å². The molecule has 0 aromatic heterocycles. The van der Waals surface area contributed by atoms with E-state index in [1.54, 1.807) is 21.0 Å². The lowest BCUT2D eigenvalue weighted by Crippen LogP contribution is -2.54. The molecule has 1 aliphatic rings. The Hall–Kier alpha value is -1.10. The first kappa shape index (κ1) is 12.0. The summed E-state index contributed by atoms with van der Waals surface area (Å²) in [6.45, 7) is 1.72. The van der Waals surface area contributed by atoms with Gasteiger partial charge in [-0.15, -0.1) is 0 Å². The molecule has 1 amide bonds. The van der Waals surface area contributed by atoms with Gasteiger partial charge in [-0.1, -0.05) is 0 Å². The van der Waals surface area contributed by atoms with Gasteiger partial charge < -0.3 is 10.0 Å². The van der Waals surface area contributed by atoms with Crippen molar-refractivity contribution in [1.82, 2.24) is 10.2 Å². The van der Waals surface area contributed by atoms with Crippen molar-refractivity contribution in [1.29, 1.82) is 0 Å². The second-order valence-corrected chi connectivity index (χ2v) is 4.42. The molecule has 1 atom stereocenters. The summed E-state index contributed by atoms with van der Waals surface area (Å²) in [6, 6.07) is 0. The van der Waals surface area contributed by atoms with Crippen LogP contribution in [0.5, 0.6) is 0 Å². The lowest BCUT2D eigenvalue weighted by molar-refractivity contribution is -0.145. The first-order valence-corrected chi connectivity index (χ1v) is 5.06. The van der Waals surface area contributed by atoms with Gasteiger partial charge in [0.2, 0.25) is 5.91 Å². The number of carboxylic acids is 1. The Bertz CT molecular complexity index is 274. The van der Waals surface area contributed by atoms with E-state index in [9.17, 15) is 9.59 Å². The monoisotopic (exact) mass is 214 g/mol. The van der Waals surface area contributed by atoms with Crippen molar-refractivity contribution in [2.45, 2.75) is 25.3 Å². The van der Waals surface area contributed by atoms with Crippen molar-refractivity contribution in [3.05, 3.63) is 0 Å². The zero-order chi connectivity index (χ0) is 11.6. The summed E-state index contributed by atoms with van der Waals surface area (Å²) < 4.78 is 0. The second-order valence-electron chi connectivity index (χ2n) is 4.42. The van der Waals surface area contributed by atoms with Crippen molar-refractivity contribution in [3.63, 3.8) is 0 Å². The molecule has 2 N–H and O–H groups in total. The lowest BCUT2D eigenvalue weighted by atomic mass is 9.96. The highest BCUT2D eigenvalue weighted by atomic mass is 16.4. The Kier molecular flexibility index (Phi) is 3.34. The van der Waals surface area contributed by atoms with Crippen LogP contribution in [0.2, 0.25) is 0 Å². The molecule has 0 radical (unpaired) electrons. The van der Waals surface area contributed by atoms with Crippen LogP contribution in [0, 0.1) is 5.92 Å². The maximum atomic E-state index is 11.3. The van der Waals surface area contributed by atoms with Crippen molar-refractivity contribution >= 4 is 11.9 Å². The predicted octanol–water partition coefficient (Wildman–Crippen LogP) is -0.0825. The summed E-state index contributed by atoms with van der Waals surface area (Å²) in [6.07, 6.45) is 1.85. The van der Waals surface area contributed by atoms with Gasteiger partial charge in [0.1, 0.15) is 5.54 Å². The van der Waals surface area contributed by atoms with Gasteiger partial charge in [0, 0.05) is 14.1 Å². The third kappa shape index (κ3) is 2.68. The largest absolute Gasteiger partial charge is 0.480 e. The molecular weight excluding hydrogens is 196 g/mol. The Labute approximate surface area is 89.4 Å². The van der Waals surface area contributed by atoms with E-state index in [0.717, 1.165) is 12.8 Å². The van der Waals surface area contributed by atoms with Gasteiger partial charge >= 0.3 is 5.97 Å². The van der Waals surface area contributed by atoms with Crippen molar-refractivity contribution in [2.24, 2.45) is 5.92 Å². The van der Waals surface area contributed by atoms with E-state index in [2.05, 4.69) is 5.32 Å². The maximum Gasteiger partial charge on any atom is 0.323 e. The SMILES string of the molecule is CN(C)C(=O)CNC(C)(C(=O)O)C1CC1. The fraction of sp³-hybridized carbons (Fsp3) is 0.800. The molecule has 1 saturated carbocycles. The first-order chi connectivity index (χ1) is 6.88. The normalized spacial score (nSPS) is 19.4. The number of carbonyl (C=O) groups is 2. The third-order valence-electron chi connectivity index (χ3n) is 2.94. The Balaban J connectivity index is 2.53. The molecule has 0 aromatic carbocycles. The molecule has 5 nitrogen and oxygen atoms in total. The minimum absolute atomic E-state index is 0.0757. The quantitative estimate of drug-likeness (QED) is 0.671. The van der Waals surface area contributed by atoms with Crippen LogP contribution in [0.15, 0.2) is 0 Å². The van der Waals surface area contributed by atoms with E-state index in [-0.39, 0.29) is 18.4 Å². The molecule has 0 aliphatic heterocycles. The summed E-state index contributed by atoms with van der Waals surface area (Å²) in [5.41, 5.74) is -0.953. The number of hydrogen-bond donors (Lipinski definition) is 2. The van der Waals surface area contributed by atoms with Gasteiger partial charge in [0.15, 0.2) is 0 Å². The summed E-state index contributed by atoms with van der Waals surface area (Å²) in [5.74, 6) is -0.829. The maximum absolute atomic E-state index is 11.3. The van der Waals surface area contributed by atoms with Gasteiger partial charge in [0.25, 0.3) is 0 Å². The van der Waals surface area contributed by atoms with E-state index < -0.39 is 11.5 Å². The lowest BCUT2D eigenvalue weighted by Gasteiger charge is -2.26. The van der Waals surface area contributed by atoms with E-state index in [4.69, 9.17) is 5.11 Å². The van der Waals surface area contributed by atoms with Crippen LogP contribution >= 0.6 is 0 Å². The highest BCUT2D eigenvalue weighted by molar-refractivity contribution is 5.82. The molecule has 1 fully saturated rings. The third-order valence-corrected chi connectivity index (χ3v) is 2.94. The van der Waals surface area contributed by atoms with Gasteiger partial charge in [-0.3, -0.25) is 14.9 Å². The van der Waals surface area contributed by atoms with Gasteiger partial charge in [-0.05, 0) is 25.7 Å². The number of aliphatic carboxylic acids is 1. The first-order valence-electron chi connectivity index (χ1n) is 5.06. The highest BCUT2D eigenvalue weighted by Crippen LogP contribution is 2.39. The number of carbonyl (C=O) groups excluding carboxylic acids is 1. The van der Waals surface area contributed by atoms with Crippen LogP contribution in [-0.2, 0) is 9.59 Å². The number of amides is 1. The number of hydrogen-bond acceptors (Lipinski definition) is 3. The molecule has 1 unspecified atom stereocenters. The van der Waals surface area contributed by atoms with E-state index >= 15 is 0 Å². The molecule has 1 rings (SSSR count). The molecule has 0 spiro atoms. The average molecular weight is 214 g/mol. The van der Waals surface area contributed by atoms with E-state index in [1.807, 2.05) is 0 Å². The Morgan fingerprint density at radius 3 is 2.33 bits per heavy atom. The Morgan fingerprint density at radius 2 is 2.00 bits per heavy atom. The number of nitrogens with zero attached hydrogens (tertiary/aromatic N) is 1. The molecular formula is C10H18N2O3. The molecule has 0 heterocycles. The molecule has 1 aliphatic carbocycles. The standard InChI is InChI=1S/C10H18N2O3/c1-10(9(14)15,7-4-5-7)11-6-8(13)12(2)3/h7,11H,4-6H2,1-3H3,(H,14,15). The van der Waals surface area contributed by atoms with Crippen LogP contribution in [0.25, 0.3) is 0 Å². The van der Waals surface area contributed by atoms with Crippen LogP contribution in [0.4, 0.5) is 0 Å².